The summed E-state index contributed by atoms with van der Waals surface area (Å²) in [5.74, 6) is -0.666. The van der Waals surface area contributed by atoms with Gasteiger partial charge in [-0.05, 0) is 25.1 Å². The first kappa shape index (κ1) is 23.7. The number of pyridine rings is 2. The number of carbonyl (C=O) groups is 1. The number of aliphatic hydroxyl groups excluding tert-OH is 2. The molecule has 4 atom stereocenters. The van der Waals surface area contributed by atoms with Crippen molar-refractivity contribution in [3.63, 3.8) is 0 Å². The number of ether oxygens (including phenoxy) is 1. The molecule has 0 radical (unpaired) electrons. The molecule has 5 heterocycles. The van der Waals surface area contributed by atoms with E-state index in [1.54, 1.807) is 0 Å². The Hall–Kier alpha value is -4.07. The molecule has 1 aliphatic heterocycles. The molecule has 4 aromatic heterocycles. The second kappa shape index (κ2) is 9.53. The number of carbonyl (C=O) groups excluding carboxylic acids is 1. The Bertz CT molecular complexity index is 1430. The van der Waals surface area contributed by atoms with Crippen molar-refractivity contribution in [3.8, 4) is 11.4 Å². The van der Waals surface area contributed by atoms with Crippen LogP contribution in [0.5, 0.6) is 0 Å². The number of anilines is 1. The summed E-state index contributed by atoms with van der Waals surface area (Å²) in [6, 6.07) is 6.88. The zero-order valence-corrected chi connectivity index (χ0v) is 19.3. The van der Waals surface area contributed by atoms with Crippen LogP contribution in [0.4, 0.5) is 10.2 Å². The Morgan fingerprint density at radius 2 is 2.03 bits per heavy atom. The van der Waals surface area contributed by atoms with Crippen LogP contribution in [-0.2, 0) is 16.1 Å². The molecule has 5 rings (SSSR count). The third kappa shape index (κ3) is 4.34. The van der Waals surface area contributed by atoms with Gasteiger partial charge in [0.15, 0.2) is 35.1 Å². The standard InChI is InChI=1S/C23H23FN8O4/c1-11-4-3-5-14(29-11)9-27-20-15-21(31-19(30-20)12-6-13(24)8-26-7-12)32(10-28-15)23-17(34)16(33)18(36-23)22(35)25-2/h3-8,10,16-18,23,33-34H,9H2,1-2H3,(H,25,35)(H,27,30,31)/t16?,17?,18-,23?/m1/s1. The maximum Gasteiger partial charge on any atom is 0.251 e. The minimum Gasteiger partial charge on any atom is -0.387 e. The molecule has 3 unspecified atom stereocenters. The molecule has 1 saturated heterocycles. The zero-order valence-electron chi connectivity index (χ0n) is 19.3. The van der Waals surface area contributed by atoms with Gasteiger partial charge < -0.3 is 25.6 Å². The van der Waals surface area contributed by atoms with E-state index in [0.717, 1.165) is 17.6 Å². The third-order valence-electron chi connectivity index (χ3n) is 5.78. The molecule has 12 nitrogen and oxygen atoms in total. The van der Waals surface area contributed by atoms with E-state index in [2.05, 4.69) is 35.6 Å². The number of aliphatic hydroxyl groups is 2. The number of amides is 1. The fourth-order valence-electron chi connectivity index (χ4n) is 4.01. The molecule has 4 aromatic rings. The van der Waals surface area contributed by atoms with Gasteiger partial charge in [-0.1, -0.05) is 6.07 Å². The lowest BCUT2D eigenvalue weighted by Crippen LogP contribution is -2.41. The monoisotopic (exact) mass is 494 g/mol. The van der Waals surface area contributed by atoms with Crippen molar-refractivity contribution < 1.29 is 24.1 Å². The van der Waals surface area contributed by atoms with Gasteiger partial charge in [0.25, 0.3) is 5.91 Å². The molecule has 0 aliphatic carbocycles. The van der Waals surface area contributed by atoms with Crippen LogP contribution in [0.15, 0.2) is 43.0 Å². The third-order valence-corrected chi connectivity index (χ3v) is 5.78. The van der Waals surface area contributed by atoms with Gasteiger partial charge in [0.1, 0.15) is 18.0 Å². The first-order valence-corrected chi connectivity index (χ1v) is 11.1. The number of aromatic nitrogens is 6. The number of nitrogens with one attached hydrogen (secondary N) is 2. The van der Waals surface area contributed by atoms with Gasteiger partial charge in [-0.25, -0.2) is 19.3 Å². The Balaban J connectivity index is 1.58. The van der Waals surface area contributed by atoms with Crippen LogP contribution in [-0.4, -0.2) is 71.0 Å². The van der Waals surface area contributed by atoms with Crippen LogP contribution < -0.4 is 10.6 Å². The van der Waals surface area contributed by atoms with Crippen LogP contribution >= 0.6 is 0 Å². The van der Waals surface area contributed by atoms with E-state index in [0.29, 0.717) is 23.4 Å². The molecule has 0 saturated carbocycles. The molecular weight excluding hydrogens is 471 g/mol. The van der Waals surface area contributed by atoms with Crippen molar-refractivity contribution in [3.05, 3.63) is 60.2 Å². The van der Waals surface area contributed by atoms with Crippen molar-refractivity contribution in [1.29, 1.82) is 0 Å². The summed E-state index contributed by atoms with van der Waals surface area (Å²) in [7, 11) is 1.40. The largest absolute Gasteiger partial charge is 0.387 e. The van der Waals surface area contributed by atoms with Gasteiger partial charge in [0, 0.05) is 24.5 Å². The van der Waals surface area contributed by atoms with Gasteiger partial charge in [-0.2, -0.15) is 0 Å². The molecule has 186 valence electrons. The van der Waals surface area contributed by atoms with E-state index in [4.69, 9.17) is 4.74 Å². The van der Waals surface area contributed by atoms with Crippen molar-refractivity contribution in [2.24, 2.45) is 0 Å². The molecule has 4 N–H and O–H groups in total. The number of hydrogen-bond donors (Lipinski definition) is 4. The average molecular weight is 494 g/mol. The zero-order chi connectivity index (χ0) is 25.4. The molecule has 0 aromatic carbocycles. The number of hydrogen-bond acceptors (Lipinski definition) is 10. The van der Waals surface area contributed by atoms with Gasteiger partial charge in [-0.15, -0.1) is 0 Å². The molecule has 1 aliphatic rings. The van der Waals surface area contributed by atoms with Gasteiger partial charge in [0.2, 0.25) is 0 Å². The summed E-state index contributed by atoms with van der Waals surface area (Å²) >= 11 is 0. The lowest BCUT2D eigenvalue weighted by molar-refractivity contribution is -0.137. The van der Waals surface area contributed by atoms with Gasteiger partial charge >= 0.3 is 0 Å². The molecule has 1 amide bonds. The molecular formula is C23H23FN8O4. The lowest BCUT2D eigenvalue weighted by Gasteiger charge is -2.17. The SMILES string of the molecule is CNC(=O)[C@@H]1OC(n2cnc3c(NCc4cccc(C)n4)nc(-c4cncc(F)c4)nc32)C(O)C1O. The summed E-state index contributed by atoms with van der Waals surface area (Å²) in [4.78, 5) is 33.9. The second-order valence-corrected chi connectivity index (χ2v) is 8.28. The minimum absolute atomic E-state index is 0.145. The van der Waals surface area contributed by atoms with Gasteiger partial charge in [0.05, 0.1) is 24.8 Å². The van der Waals surface area contributed by atoms with E-state index in [9.17, 15) is 19.4 Å². The fourth-order valence-corrected chi connectivity index (χ4v) is 4.01. The number of aryl methyl sites for hydroxylation is 1. The average Bonchev–Trinajstić information content (AvgIpc) is 3.43. The number of imidazole rings is 1. The summed E-state index contributed by atoms with van der Waals surface area (Å²) in [5.41, 5.74) is 2.51. The highest BCUT2D eigenvalue weighted by atomic mass is 19.1. The highest BCUT2D eigenvalue weighted by molar-refractivity contribution is 5.85. The normalized spacial score (nSPS) is 21.6. The van der Waals surface area contributed by atoms with Crippen LogP contribution in [0.3, 0.4) is 0 Å². The van der Waals surface area contributed by atoms with Crippen LogP contribution in [0.1, 0.15) is 17.6 Å². The number of nitrogens with zero attached hydrogens (tertiary/aromatic N) is 6. The Morgan fingerprint density at radius 3 is 2.78 bits per heavy atom. The fraction of sp³-hybridized carbons (Fsp3) is 0.304. The molecule has 1 fully saturated rings. The summed E-state index contributed by atoms with van der Waals surface area (Å²) in [5, 5.41) is 26.6. The van der Waals surface area contributed by atoms with E-state index in [1.165, 1.54) is 30.2 Å². The van der Waals surface area contributed by atoms with Crippen molar-refractivity contribution >= 4 is 22.9 Å². The highest BCUT2D eigenvalue weighted by Crippen LogP contribution is 2.33. The Morgan fingerprint density at radius 1 is 1.19 bits per heavy atom. The molecule has 13 heteroatoms. The Labute approximate surface area is 204 Å². The highest BCUT2D eigenvalue weighted by Gasteiger charge is 2.47. The topological polar surface area (TPSA) is 160 Å². The van der Waals surface area contributed by atoms with E-state index in [1.807, 2.05) is 25.1 Å². The maximum atomic E-state index is 13.9. The molecule has 0 bridgehead atoms. The number of rotatable bonds is 6. The molecule has 36 heavy (non-hydrogen) atoms. The minimum atomic E-state index is -1.47. The van der Waals surface area contributed by atoms with Crippen molar-refractivity contribution in [2.75, 3.05) is 12.4 Å². The maximum absolute atomic E-state index is 13.9. The predicted molar refractivity (Wildman–Crippen MR) is 125 cm³/mol. The van der Waals surface area contributed by atoms with E-state index >= 15 is 0 Å². The van der Waals surface area contributed by atoms with Crippen LogP contribution in [0, 0.1) is 12.7 Å². The number of likely N-dealkylation sites (N-methyl/N-ethyl adjacent to an activating group) is 1. The Kier molecular flexibility index (Phi) is 6.26. The molecule has 0 spiro atoms. The van der Waals surface area contributed by atoms with Crippen LogP contribution in [0.25, 0.3) is 22.6 Å². The van der Waals surface area contributed by atoms with Crippen LogP contribution in [0.2, 0.25) is 0 Å². The van der Waals surface area contributed by atoms with Gasteiger partial charge in [-0.3, -0.25) is 19.3 Å². The first-order chi connectivity index (χ1) is 17.4. The quantitative estimate of drug-likeness (QED) is 0.300. The predicted octanol–water partition coefficient (Wildman–Crippen LogP) is 0.708. The smallest absolute Gasteiger partial charge is 0.251 e. The number of fused-ring (bicyclic) bond motifs is 1. The van der Waals surface area contributed by atoms with E-state index in [-0.39, 0.29) is 11.5 Å². The number of halogens is 1. The lowest BCUT2D eigenvalue weighted by atomic mass is 10.1. The first-order valence-electron chi connectivity index (χ1n) is 11.1. The van der Waals surface area contributed by atoms with Crippen molar-refractivity contribution in [1.82, 2.24) is 34.8 Å². The van der Waals surface area contributed by atoms with Crippen molar-refractivity contribution in [2.45, 2.75) is 38.0 Å². The summed E-state index contributed by atoms with van der Waals surface area (Å²) < 4.78 is 21.0. The summed E-state index contributed by atoms with van der Waals surface area (Å²) in [6.45, 7) is 2.21. The summed E-state index contributed by atoms with van der Waals surface area (Å²) in [6.07, 6.45) is -1.49. The van der Waals surface area contributed by atoms with E-state index < -0.39 is 36.3 Å². The second-order valence-electron chi connectivity index (χ2n) is 8.28.